The number of anilines is 2. The molecule has 0 bridgehead atoms. The lowest BCUT2D eigenvalue weighted by molar-refractivity contribution is -0.144. The average molecular weight is 998 g/mol. The molecule has 7 rings (SSSR count). The summed E-state index contributed by atoms with van der Waals surface area (Å²) >= 11 is 7.41. The predicted molar refractivity (Wildman–Crippen MR) is 282 cm³/mol. The summed E-state index contributed by atoms with van der Waals surface area (Å²) < 4.78 is 12.0. The molecule has 16 heteroatoms. The Morgan fingerprint density at radius 3 is 2.17 bits per heavy atom. The Morgan fingerprint density at radius 2 is 1.55 bits per heavy atom. The van der Waals surface area contributed by atoms with E-state index in [4.69, 9.17) is 28.3 Å². The lowest BCUT2D eigenvalue weighted by atomic mass is 9.85. The van der Waals surface area contributed by atoms with Crippen molar-refractivity contribution in [3.05, 3.63) is 130 Å². The topological polar surface area (TPSA) is 158 Å². The van der Waals surface area contributed by atoms with E-state index in [2.05, 4.69) is 20.5 Å². The van der Waals surface area contributed by atoms with Gasteiger partial charge in [0.15, 0.2) is 10.8 Å². The van der Waals surface area contributed by atoms with Gasteiger partial charge in [-0.05, 0) is 142 Å². The molecule has 2 fully saturated rings. The van der Waals surface area contributed by atoms with Crippen LogP contribution in [0.1, 0.15) is 89.1 Å². The quantitative estimate of drug-likeness (QED) is 0.0414. The van der Waals surface area contributed by atoms with E-state index in [0.717, 1.165) is 57.1 Å². The average Bonchev–Trinajstić information content (AvgIpc) is 4.01. The van der Waals surface area contributed by atoms with Crippen LogP contribution >= 0.6 is 23.6 Å². The fourth-order valence-corrected chi connectivity index (χ4v) is 10.2. The maximum atomic E-state index is 14.0. The van der Waals surface area contributed by atoms with Crippen molar-refractivity contribution in [1.82, 2.24) is 20.5 Å². The monoisotopic (exact) mass is 997 g/mol. The van der Waals surface area contributed by atoms with Crippen molar-refractivity contribution in [2.75, 3.05) is 29.6 Å². The molecule has 3 atom stereocenters. The van der Waals surface area contributed by atoms with Crippen LogP contribution in [-0.2, 0) is 32.1 Å². The van der Waals surface area contributed by atoms with Crippen LogP contribution in [0.4, 0.5) is 17.1 Å². The molecule has 0 saturated carbocycles. The van der Waals surface area contributed by atoms with Gasteiger partial charge in [0.2, 0.25) is 17.7 Å². The molecule has 4 aromatic carbocycles. The van der Waals surface area contributed by atoms with Gasteiger partial charge in [-0.2, -0.15) is 0 Å². The number of amides is 4. The minimum absolute atomic E-state index is 0.00968. The van der Waals surface area contributed by atoms with Gasteiger partial charge >= 0.3 is 0 Å². The second kappa shape index (κ2) is 22.6. The lowest BCUT2D eigenvalue weighted by Gasteiger charge is -2.35. The number of benzene rings is 4. The number of carbonyl (C=O) groups excluding carboxylic acids is 4. The number of aryl methyl sites for hydroxylation is 3. The Labute approximate surface area is 426 Å². The summed E-state index contributed by atoms with van der Waals surface area (Å²) in [6, 6.07) is 26.9. The molecule has 372 valence electrons. The van der Waals surface area contributed by atoms with Crippen molar-refractivity contribution in [3.8, 4) is 21.9 Å². The number of hydrogen-bond acceptors (Lipinski definition) is 10. The minimum Gasteiger partial charge on any atom is -0.494 e. The summed E-state index contributed by atoms with van der Waals surface area (Å²) in [5, 5.41) is 16.9. The molecule has 3 heterocycles. The number of β-amino-alcohol motifs (C(OH)–C–C–N with tert-alkyl or cyclic N) is 1. The lowest BCUT2D eigenvalue weighted by Crippen LogP contribution is -2.57. The molecule has 0 spiro atoms. The maximum absolute atomic E-state index is 14.0. The van der Waals surface area contributed by atoms with E-state index in [1.54, 1.807) is 23.5 Å². The summed E-state index contributed by atoms with van der Waals surface area (Å²) in [6.45, 7) is 21.7. The van der Waals surface area contributed by atoms with Crippen molar-refractivity contribution in [3.63, 3.8) is 0 Å². The van der Waals surface area contributed by atoms with Gasteiger partial charge in [0.05, 0.1) is 42.0 Å². The Balaban J connectivity index is 0.803. The first kappa shape index (κ1) is 52.2. The third kappa shape index (κ3) is 12.4. The Hall–Kier alpha value is -6.67. The molecule has 2 aliphatic rings. The molecular formula is C55H63N7O7S2. The third-order valence-electron chi connectivity index (χ3n) is 12.9. The second-order valence-electron chi connectivity index (χ2n) is 19.7. The summed E-state index contributed by atoms with van der Waals surface area (Å²) in [5.41, 5.74) is 7.05. The van der Waals surface area contributed by atoms with Gasteiger partial charge in [-0.3, -0.25) is 24.1 Å². The third-order valence-corrected chi connectivity index (χ3v) is 14.2. The molecule has 1 aromatic heterocycles. The Bertz CT molecular complexity index is 2760. The number of likely N-dealkylation sites (tertiary alicyclic amines) is 1. The van der Waals surface area contributed by atoms with Crippen molar-refractivity contribution < 1.29 is 33.8 Å². The van der Waals surface area contributed by atoms with E-state index in [1.807, 2.05) is 138 Å². The maximum Gasteiger partial charge on any atom is 0.259 e. The zero-order valence-electron chi connectivity index (χ0n) is 41.5. The normalized spacial score (nSPS) is 17.0. The van der Waals surface area contributed by atoms with Crippen LogP contribution in [0.5, 0.6) is 11.5 Å². The minimum atomic E-state index is -0.917. The highest BCUT2D eigenvalue weighted by Crippen LogP contribution is 2.38. The van der Waals surface area contributed by atoms with Crippen LogP contribution in [0, 0.1) is 25.8 Å². The first-order chi connectivity index (χ1) is 33.8. The molecule has 71 heavy (non-hydrogen) atoms. The summed E-state index contributed by atoms with van der Waals surface area (Å²) in [4.78, 5) is 68.1. The first-order valence-electron chi connectivity index (χ1n) is 24.0. The highest BCUT2D eigenvalue weighted by Gasteiger charge is 2.50. The van der Waals surface area contributed by atoms with E-state index in [1.165, 1.54) is 9.80 Å². The number of aliphatic hydroxyl groups is 1. The molecule has 4 amide bonds. The summed E-state index contributed by atoms with van der Waals surface area (Å²) in [7, 11) is 0. The predicted octanol–water partition coefficient (Wildman–Crippen LogP) is 9.26. The van der Waals surface area contributed by atoms with Gasteiger partial charge in [-0.25, -0.2) is 9.83 Å². The number of hydrogen-bond donors (Lipinski definition) is 3. The molecular weight excluding hydrogens is 935 g/mol. The zero-order valence-corrected chi connectivity index (χ0v) is 43.1. The number of rotatable bonds is 19. The van der Waals surface area contributed by atoms with Gasteiger partial charge in [0.25, 0.3) is 5.91 Å². The SMILES string of the molecule is [C-]#[N+]c1ccc(N2C(=O)C(C)(C)N(c3ccc(OCCCc4ccc(OCCCCC(=O)N[C@H](C(=O)N5C[C@H](O)C[C@H]5C(=O)NCc5ccc(-c6scnc6C)cc5)C(C)(C)C)cc4)cc3)C2=S)cc1C. The highest BCUT2D eigenvalue weighted by molar-refractivity contribution is 7.81. The van der Waals surface area contributed by atoms with Crippen LogP contribution in [0.3, 0.4) is 0 Å². The largest absolute Gasteiger partial charge is 0.494 e. The number of aromatic nitrogens is 1. The van der Waals surface area contributed by atoms with Gasteiger partial charge in [-0.1, -0.05) is 63.2 Å². The molecule has 14 nitrogen and oxygen atoms in total. The molecule has 0 unspecified atom stereocenters. The standard InChI is InChI=1S/C55H63N7O7S2/c1-35-30-41(22-27-45(35)56-8)61-52(67)55(6,7)62(53(61)70)40-20-25-44(26-21-40)69-29-11-12-37-16-23-43(24-17-37)68-28-10-9-13-47(64)59-49(54(3,4)5)51(66)60-33-42(63)31-46(60)50(65)57-32-38-14-18-39(19-15-38)48-36(2)58-34-71-48/h14-27,30,34,42,46,49,63H,9-13,28-29,31-33H2,1-7H3,(H,57,65)(H,59,64)/t42-,46+,49-/m1/s1. The molecule has 2 saturated heterocycles. The zero-order chi connectivity index (χ0) is 51.0. The second-order valence-corrected chi connectivity index (χ2v) is 21.0. The van der Waals surface area contributed by atoms with Crippen LogP contribution in [0.25, 0.3) is 15.3 Å². The number of thiazole rings is 1. The molecule has 0 radical (unpaired) electrons. The Kier molecular flexibility index (Phi) is 16.6. The Morgan fingerprint density at radius 1 is 0.915 bits per heavy atom. The van der Waals surface area contributed by atoms with Crippen LogP contribution in [0.15, 0.2) is 96.5 Å². The fraction of sp³-hybridized carbons (Fsp3) is 0.400. The van der Waals surface area contributed by atoms with E-state index in [-0.39, 0.29) is 43.7 Å². The molecule has 2 aliphatic heterocycles. The highest BCUT2D eigenvalue weighted by atomic mass is 32.1. The van der Waals surface area contributed by atoms with E-state index in [0.29, 0.717) is 48.3 Å². The number of nitrogens with zero attached hydrogens (tertiary/aromatic N) is 5. The van der Waals surface area contributed by atoms with E-state index < -0.39 is 35.0 Å². The van der Waals surface area contributed by atoms with Crippen LogP contribution < -0.4 is 29.9 Å². The molecule has 3 N–H and O–H groups in total. The van der Waals surface area contributed by atoms with Gasteiger partial charge < -0.3 is 35.0 Å². The van der Waals surface area contributed by atoms with E-state index >= 15 is 0 Å². The van der Waals surface area contributed by atoms with Crippen molar-refractivity contribution >= 4 is 69.4 Å². The number of ether oxygens (including phenoxy) is 2. The number of thiocarbonyl (C=S) groups is 1. The van der Waals surface area contributed by atoms with Crippen molar-refractivity contribution in [2.45, 2.75) is 117 Å². The van der Waals surface area contributed by atoms with Gasteiger partial charge in [-0.15, -0.1) is 11.3 Å². The molecule has 5 aromatic rings. The summed E-state index contributed by atoms with van der Waals surface area (Å²) in [6.07, 6.45) is 2.26. The fourth-order valence-electron chi connectivity index (χ4n) is 8.86. The van der Waals surface area contributed by atoms with E-state index in [9.17, 15) is 24.3 Å². The number of nitrogens with one attached hydrogen (secondary N) is 2. The summed E-state index contributed by atoms with van der Waals surface area (Å²) in [5.74, 6) is 0.295. The van der Waals surface area contributed by atoms with Gasteiger partial charge in [0, 0.05) is 37.3 Å². The first-order valence-corrected chi connectivity index (χ1v) is 25.3. The number of aliphatic hydroxyl groups excluding tert-OH is 1. The number of unbranched alkanes of at least 4 members (excludes halogenated alkanes) is 1. The smallest absolute Gasteiger partial charge is 0.259 e. The van der Waals surface area contributed by atoms with Gasteiger partial charge in [0.1, 0.15) is 29.1 Å². The molecule has 0 aliphatic carbocycles. The van der Waals surface area contributed by atoms with Crippen molar-refractivity contribution in [2.24, 2.45) is 5.41 Å². The van der Waals surface area contributed by atoms with Crippen molar-refractivity contribution in [1.29, 1.82) is 0 Å². The number of carbonyl (C=O) groups is 4. The van der Waals surface area contributed by atoms with Crippen LogP contribution in [-0.4, -0.2) is 87.2 Å². The van der Waals surface area contributed by atoms with Crippen LogP contribution in [0.2, 0.25) is 0 Å².